The largest absolute Gasteiger partial charge is 0.338 e. The molecule has 3 aromatic rings. The maximum atomic E-state index is 12.3. The van der Waals surface area contributed by atoms with Crippen molar-refractivity contribution in [1.29, 1.82) is 0 Å². The van der Waals surface area contributed by atoms with E-state index in [2.05, 4.69) is 14.9 Å². The second kappa shape index (κ2) is 6.72. The number of nitrogens with one attached hydrogen (secondary N) is 1. The van der Waals surface area contributed by atoms with Crippen molar-refractivity contribution < 1.29 is 12.9 Å². The van der Waals surface area contributed by atoms with Gasteiger partial charge in [-0.3, -0.25) is 0 Å². The van der Waals surface area contributed by atoms with Crippen LogP contribution in [-0.4, -0.2) is 18.6 Å². The van der Waals surface area contributed by atoms with Crippen LogP contribution in [0, 0.1) is 6.92 Å². The molecule has 1 aromatic heterocycles. The highest BCUT2D eigenvalue weighted by Crippen LogP contribution is 2.21. The van der Waals surface area contributed by atoms with Crippen LogP contribution in [0.3, 0.4) is 0 Å². The van der Waals surface area contributed by atoms with Gasteiger partial charge >= 0.3 is 0 Å². The Hall–Kier alpha value is -2.22. The molecular weight excluding hydrogens is 350 g/mol. The summed E-state index contributed by atoms with van der Waals surface area (Å²) in [5.41, 5.74) is 1.87. The molecule has 6 nitrogen and oxygen atoms in total. The molecule has 0 aliphatic heterocycles. The Morgan fingerprint density at radius 3 is 2.71 bits per heavy atom. The van der Waals surface area contributed by atoms with E-state index in [-0.39, 0.29) is 22.4 Å². The van der Waals surface area contributed by atoms with Gasteiger partial charge in [-0.25, -0.2) is 13.1 Å². The summed E-state index contributed by atoms with van der Waals surface area (Å²) in [6, 6.07) is 13.8. The van der Waals surface area contributed by atoms with Crippen molar-refractivity contribution in [2.24, 2.45) is 0 Å². The van der Waals surface area contributed by atoms with Gasteiger partial charge in [-0.2, -0.15) is 4.98 Å². The van der Waals surface area contributed by atoms with Crippen LogP contribution >= 0.6 is 11.6 Å². The predicted octanol–water partition coefficient (Wildman–Crippen LogP) is 3.18. The zero-order valence-corrected chi connectivity index (χ0v) is 14.3. The zero-order valence-electron chi connectivity index (χ0n) is 12.7. The quantitative estimate of drug-likeness (QED) is 0.752. The van der Waals surface area contributed by atoms with Crippen LogP contribution in [0.25, 0.3) is 11.4 Å². The maximum absolute atomic E-state index is 12.3. The van der Waals surface area contributed by atoms with Crippen molar-refractivity contribution in [1.82, 2.24) is 14.9 Å². The van der Waals surface area contributed by atoms with Gasteiger partial charge in [0.15, 0.2) is 0 Å². The molecule has 124 valence electrons. The molecule has 0 aliphatic rings. The van der Waals surface area contributed by atoms with Crippen LogP contribution in [0.15, 0.2) is 57.9 Å². The fourth-order valence-corrected chi connectivity index (χ4v) is 3.62. The second-order valence-corrected chi connectivity index (χ2v) is 7.28. The highest BCUT2D eigenvalue weighted by molar-refractivity contribution is 7.89. The van der Waals surface area contributed by atoms with E-state index in [0.29, 0.717) is 5.82 Å². The van der Waals surface area contributed by atoms with Gasteiger partial charge in [-0.05, 0) is 25.1 Å². The van der Waals surface area contributed by atoms with Crippen LogP contribution in [0.5, 0.6) is 0 Å². The normalized spacial score (nSPS) is 11.6. The molecule has 0 radical (unpaired) electrons. The molecule has 24 heavy (non-hydrogen) atoms. The fourth-order valence-electron chi connectivity index (χ4n) is 2.13. The van der Waals surface area contributed by atoms with E-state index in [4.69, 9.17) is 16.1 Å². The smallest absolute Gasteiger partial charge is 0.242 e. The third-order valence-corrected chi connectivity index (χ3v) is 5.18. The summed E-state index contributed by atoms with van der Waals surface area (Å²) in [6.07, 6.45) is 0. The molecule has 0 saturated heterocycles. The van der Waals surface area contributed by atoms with E-state index in [9.17, 15) is 8.42 Å². The van der Waals surface area contributed by atoms with Crippen LogP contribution < -0.4 is 4.72 Å². The molecule has 1 heterocycles. The van der Waals surface area contributed by atoms with Gasteiger partial charge in [0.2, 0.25) is 21.7 Å². The van der Waals surface area contributed by atoms with Gasteiger partial charge < -0.3 is 4.52 Å². The van der Waals surface area contributed by atoms with Gasteiger partial charge in [-0.1, -0.05) is 52.7 Å². The summed E-state index contributed by atoms with van der Waals surface area (Å²) in [5.74, 6) is 0.577. The lowest BCUT2D eigenvalue weighted by Gasteiger charge is -2.05. The number of aromatic nitrogens is 2. The second-order valence-electron chi connectivity index (χ2n) is 5.14. The molecule has 0 atom stereocenters. The summed E-state index contributed by atoms with van der Waals surface area (Å²) in [6.45, 7) is 1.84. The number of sulfonamides is 1. The molecule has 0 saturated carbocycles. The van der Waals surface area contributed by atoms with E-state index in [1.807, 2.05) is 31.2 Å². The molecule has 0 spiro atoms. The molecule has 0 bridgehead atoms. The first-order valence-corrected chi connectivity index (χ1v) is 8.96. The topological polar surface area (TPSA) is 85.1 Å². The van der Waals surface area contributed by atoms with Gasteiger partial charge in [-0.15, -0.1) is 0 Å². The lowest BCUT2D eigenvalue weighted by molar-refractivity contribution is 0.376. The number of hydrogen-bond donors (Lipinski definition) is 1. The number of hydrogen-bond acceptors (Lipinski definition) is 5. The minimum atomic E-state index is -3.76. The maximum Gasteiger partial charge on any atom is 0.242 e. The van der Waals surface area contributed by atoms with Gasteiger partial charge in [0.1, 0.15) is 4.90 Å². The predicted molar refractivity (Wildman–Crippen MR) is 89.9 cm³/mol. The van der Waals surface area contributed by atoms with Crippen molar-refractivity contribution in [3.63, 3.8) is 0 Å². The molecule has 8 heteroatoms. The van der Waals surface area contributed by atoms with Crippen molar-refractivity contribution in [2.75, 3.05) is 0 Å². The Morgan fingerprint density at radius 1 is 1.17 bits per heavy atom. The monoisotopic (exact) mass is 363 g/mol. The van der Waals surface area contributed by atoms with E-state index in [1.165, 1.54) is 12.1 Å². The number of halogens is 1. The van der Waals surface area contributed by atoms with Crippen LogP contribution in [0.4, 0.5) is 0 Å². The Kier molecular flexibility index (Phi) is 4.66. The van der Waals surface area contributed by atoms with Crippen molar-refractivity contribution >= 4 is 21.6 Å². The molecule has 0 fully saturated rings. The number of rotatable bonds is 5. The molecule has 1 N–H and O–H groups in total. The van der Waals surface area contributed by atoms with Crippen LogP contribution in [0.1, 0.15) is 11.5 Å². The van der Waals surface area contributed by atoms with E-state index < -0.39 is 10.0 Å². The van der Waals surface area contributed by atoms with Crippen molar-refractivity contribution in [2.45, 2.75) is 18.4 Å². The highest BCUT2D eigenvalue weighted by atomic mass is 35.5. The molecule has 0 unspecified atom stereocenters. The Labute approximate surface area is 144 Å². The van der Waals surface area contributed by atoms with Crippen molar-refractivity contribution in [3.05, 3.63) is 65.0 Å². The molecule has 2 aromatic carbocycles. The Morgan fingerprint density at radius 2 is 1.96 bits per heavy atom. The fraction of sp³-hybridized carbons (Fsp3) is 0.125. The van der Waals surface area contributed by atoms with Gasteiger partial charge in [0.05, 0.1) is 11.6 Å². The van der Waals surface area contributed by atoms with E-state index in [0.717, 1.165) is 11.1 Å². The first kappa shape index (κ1) is 16.6. The summed E-state index contributed by atoms with van der Waals surface area (Å²) in [5, 5.41) is 4.02. The van der Waals surface area contributed by atoms with Crippen LogP contribution in [0.2, 0.25) is 5.02 Å². The Balaban J connectivity index is 1.75. The standard InChI is InChI=1S/C16H14ClN3O3S/c1-11-5-4-6-12(9-11)16-19-15(23-20-16)10-18-24(21,22)14-8-3-2-7-13(14)17/h2-9,18H,10H2,1H3. The lowest BCUT2D eigenvalue weighted by atomic mass is 10.1. The average molecular weight is 364 g/mol. The van der Waals surface area contributed by atoms with Gasteiger partial charge in [0.25, 0.3) is 0 Å². The average Bonchev–Trinajstić information content (AvgIpc) is 3.02. The van der Waals surface area contributed by atoms with E-state index in [1.54, 1.807) is 12.1 Å². The molecular formula is C16H14ClN3O3S. The zero-order chi connectivity index (χ0) is 17.2. The van der Waals surface area contributed by atoms with Crippen LogP contribution in [-0.2, 0) is 16.6 Å². The summed E-state index contributed by atoms with van der Waals surface area (Å²) in [7, 11) is -3.76. The summed E-state index contributed by atoms with van der Waals surface area (Å²) < 4.78 is 32.0. The molecule has 3 rings (SSSR count). The number of aryl methyl sites for hydroxylation is 1. The minimum absolute atomic E-state index is 0.00471. The van der Waals surface area contributed by atoms with E-state index >= 15 is 0 Å². The third-order valence-electron chi connectivity index (χ3n) is 3.28. The van der Waals surface area contributed by atoms with Crippen molar-refractivity contribution in [3.8, 4) is 11.4 Å². The van der Waals surface area contributed by atoms with Gasteiger partial charge in [0, 0.05) is 5.56 Å². The summed E-state index contributed by atoms with van der Waals surface area (Å²) in [4.78, 5) is 4.21. The number of benzene rings is 2. The highest BCUT2D eigenvalue weighted by Gasteiger charge is 2.18. The first-order valence-electron chi connectivity index (χ1n) is 7.09. The third kappa shape index (κ3) is 3.64. The Bertz CT molecular complexity index is 970. The SMILES string of the molecule is Cc1cccc(-c2noc(CNS(=O)(=O)c3ccccc3Cl)n2)c1. The molecule has 0 aliphatic carbocycles. The number of nitrogens with zero attached hydrogens (tertiary/aromatic N) is 2. The first-order chi connectivity index (χ1) is 11.5. The minimum Gasteiger partial charge on any atom is -0.338 e. The lowest BCUT2D eigenvalue weighted by Crippen LogP contribution is -2.23. The summed E-state index contributed by atoms with van der Waals surface area (Å²) >= 11 is 5.92. The molecule has 0 amide bonds.